The maximum absolute atomic E-state index is 11.8. The zero-order chi connectivity index (χ0) is 16.8. The van der Waals surface area contributed by atoms with Crippen LogP contribution in [0, 0.1) is 17.2 Å². The van der Waals surface area contributed by atoms with Gasteiger partial charge in [-0.05, 0) is 49.4 Å². The van der Waals surface area contributed by atoms with Crippen molar-refractivity contribution in [3.63, 3.8) is 0 Å². The second-order valence-electron chi connectivity index (χ2n) is 6.13. The average Bonchev–Trinajstić information content (AvgIpc) is 2.83. The van der Waals surface area contributed by atoms with Gasteiger partial charge >= 0.3 is 0 Å². The third kappa shape index (κ3) is 4.76. The zero-order valence-electron chi connectivity index (χ0n) is 13.7. The van der Waals surface area contributed by atoms with Gasteiger partial charge in [-0.15, -0.1) is 11.3 Å². The Morgan fingerprint density at radius 1 is 1.48 bits per heavy atom. The lowest BCUT2D eigenvalue weighted by atomic mass is 9.89. The molecule has 124 valence electrons. The van der Waals surface area contributed by atoms with Gasteiger partial charge in [0.2, 0.25) is 5.91 Å². The van der Waals surface area contributed by atoms with Crippen molar-refractivity contribution in [2.45, 2.75) is 58.8 Å². The van der Waals surface area contributed by atoms with Crippen molar-refractivity contribution in [2.24, 2.45) is 5.92 Å². The van der Waals surface area contributed by atoms with Crippen molar-refractivity contribution in [1.29, 1.82) is 5.26 Å². The summed E-state index contributed by atoms with van der Waals surface area (Å²) in [6, 6.07) is 2.29. The standard InChI is InChI=1S/C17H23N3OS2/c1-3-4-5-6-15(21)19-17(22)20-16-13(10-18)12-8-7-11(2)9-14(12)23-16/h11H,3-9H2,1-2H3,(H2,19,20,21,22). The number of unbranched alkanes of at least 4 members (excludes halogenated alkanes) is 2. The number of thiophene rings is 1. The highest BCUT2D eigenvalue weighted by Crippen LogP contribution is 2.39. The normalized spacial score (nSPS) is 16.3. The summed E-state index contributed by atoms with van der Waals surface area (Å²) in [4.78, 5) is 13.1. The smallest absolute Gasteiger partial charge is 0.226 e. The molecule has 23 heavy (non-hydrogen) atoms. The summed E-state index contributed by atoms with van der Waals surface area (Å²) in [6.45, 7) is 4.34. The van der Waals surface area contributed by atoms with E-state index in [0.717, 1.165) is 49.1 Å². The van der Waals surface area contributed by atoms with Gasteiger partial charge in [0.15, 0.2) is 5.11 Å². The molecule has 2 rings (SSSR count). The Hall–Kier alpha value is -1.45. The van der Waals surface area contributed by atoms with Crippen LogP contribution in [0.25, 0.3) is 0 Å². The molecule has 1 atom stereocenters. The minimum Gasteiger partial charge on any atom is -0.323 e. The number of carbonyl (C=O) groups excluding carboxylic acids is 1. The predicted molar refractivity (Wildman–Crippen MR) is 98.7 cm³/mol. The Morgan fingerprint density at radius 3 is 2.96 bits per heavy atom. The van der Waals surface area contributed by atoms with Crippen LogP contribution in [0.5, 0.6) is 0 Å². The maximum Gasteiger partial charge on any atom is 0.226 e. The summed E-state index contributed by atoms with van der Waals surface area (Å²) in [5.74, 6) is 0.593. The SMILES string of the molecule is CCCCCC(=O)NC(=S)Nc1sc2c(c1C#N)CCC(C)C2. The highest BCUT2D eigenvalue weighted by atomic mass is 32.1. The molecule has 0 saturated heterocycles. The van der Waals surface area contributed by atoms with E-state index >= 15 is 0 Å². The quantitative estimate of drug-likeness (QED) is 0.619. The summed E-state index contributed by atoms with van der Waals surface area (Å²) in [5.41, 5.74) is 1.86. The molecule has 6 heteroatoms. The average molecular weight is 350 g/mol. The van der Waals surface area contributed by atoms with E-state index in [4.69, 9.17) is 12.2 Å². The fourth-order valence-electron chi connectivity index (χ4n) is 2.82. The van der Waals surface area contributed by atoms with Gasteiger partial charge in [-0.2, -0.15) is 5.26 Å². The van der Waals surface area contributed by atoms with E-state index < -0.39 is 0 Å². The zero-order valence-corrected chi connectivity index (χ0v) is 15.3. The van der Waals surface area contributed by atoms with Crippen molar-refractivity contribution in [3.8, 4) is 6.07 Å². The van der Waals surface area contributed by atoms with E-state index in [0.29, 0.717) is 17.9 Å². The van der Waals surface area contributed by atoms with Gasteiger partial charge in [0.05, 0.1) is 5.56 Å². The lowest BCUT2D eigenvalue weighted by Gasteiger charge is -2.17. The van der Waals surface area contributed by atoms with Crippen LogP contribution in [0.2, 0.25) is 0 Å². The highest BCUT2D eigenvalue weighted by Gasteiger charge is 2.24. The Balaban J connectivity index is 1.99. The predicted octanol–water partition coefficient (Wildman–Crippen LogP) is 4.14. The molecule has 1 unspecified atom stereocenters. The topological polar surface area (TPSA) is 64.9 Å². The van der Waals surface area contributed by atoms with Crippen LogP contribution in [-0.2, 0) is 17.6 Å². The molecule has 0 saturated carbocycles. The van der Waals surface area contributed by atoms with Crippen molar-refractivity contribution in [3.05, 3.63) is 16.0 Å². The molecule has 0 aromatic carbocycles. The number of nitrogens with zero attached hydrogens (tertiary/aromatic N) is 1. The first-order valence-corrected chi connectivity index (χ1v) is 9.43. The second kappa shape index (κ2) is 8.42. The van der Waals surface area contributed by atoms with Gasteiger partial charge < -0.3 is 10.6 Å². The monoisotopic (exact) mass is 349 g/mol. The van der Waals surface area contributed by atoms with Crippen molar-refractivity contribution in [1.82, 2.24) is 5.32 Å². The molecule has 0 spiro atoms. The van der Waals surface area contributed by atoms with Crippen molar-refractivity contribution in [2.75, 3.05) is 5.32 Å². The van der Waals surface area contributed by atoms with Crippen LogP contribution >= 0.6 is 23.6 Å². The van der Waals surface area contributed by atoms with Gasteiger partial charge in [0.1, 0.15) is 11.1 Å². The molecule has 0 fully saturated rings. The van der Waals surface area contributed by atoms with E-state index in [1.165, 1.54) is 4.88 Å². The summed E-state index contributed by atoms with van der Waals surface area (Å²) in [7, 11) is 0. The molecule has 1 amide bonds. The summed E-state index contributed by atoms with van der Waals surface area (Å²) in [5, 5.41) is 16.3. The van der Waals surface area contributed by atoms with Crippen molar-refractivity contribution >= 4 is 39.6 Å². The van der Waals surface area contributed by atoms with E-state index in [2.05, 4.69) is 30.6 Å². The first kappa shape index (κ1) is 17.9. The lowest BCUT2D eigenvalue weighted by Crippen LogP contribution is -2.33. The fourth-order valence-corrected chi connectivity index (χ4v) is 4.46. The van der Waals surface area contributed by atoms with Gasteiger partial charge in [0.25, 0.3) is 0 Å². The molecule has 0 radical (unpaired) electrons. The molecule has 1 aliphatic carbocycles. The van der Waals surface area contributed by atoms with Gasteiger partial charge in [-0.25, -0.2) is 0 Å². The molecular formula is C17H23N3OS2. The van der Waals surface area contributed by atoms with Crippen LogP contribution in [0.1, 0.15) is 62.0 Å². The third-order valence-electron chi connectivity index (χ3n) is 4.11. The van der Waals surface area contributed by atoms with E-state index in [1.54, 1.807) is 11.3 Å². The number of hydrogen-bond acceptors (Lipinski definition) is 4. The van der Waals surface area contributed by atoms with Crippen LogP contribution in [0.4, 0.5) is 5.00 Å². The number of amides is 1. The summed E-state index contributed by atoms with van der Waals surface area (Å²) in [6.07, 6.45) is 6.58. The second-order valence-corrected chi connectivity index (χ2v) is 7.64. The third-order valence-corrected chi connectivity index (χ3v) is 5.48. The molecule has 1 aromatic heterocycles. The number of hydrogen-bond donors (Lipinski definition) is 2. The minimum atomic E-state index is -0.0654. The molecule has 0 bridgehead atoms. The first-order valence-electron chi connectivity index (χ1n) is 8.20. The first-order chi connectivity index (χ1) is 11.0. The highest BCUT2D eigenvalue weighted by molar-refractivity contribution is 7.80. The van der Waals surface area contributed by atoms with Crippen molar-refractivity contribution < 1.29 is 4.79 Å². The maximum atomic E-state index is 11.8. The molecule has 2 N–H and O–H groups in total. The van der Waals surface area contributed by atoms with Gasteiger partial charge in [-0.1, -0.05) is 26.7 Å². The van der Waals surface area contributed by atoms with E-state index in [-0.39, 0.29) is 11.0 Å². The number of nitriles is 1. The Morgan fingerprint density at radius 2 is 2.26 bits per heavy atom. The molecule has 1 aromatic rings. The summed E-state index contributed by atoms with van der Waals surface area (Å²) < 4.78 is 0. The molecule has 1 aliphatic rings. The number of anilines is 1. The number of rotatable bonds is 5. The largest absolute Gasteiger partial charge is 0.323 e. The molecule has 1 heterocycles. The molecular weight excluding hydrogens is 326 g/mol. The van der Waals surface area contributed by atoms with Gasteiger partial charge in [0, 0.05) is 11.3 Å². The Kier molecular flexibility index (Phi) is 6.55. The van der Waals surface area contributed by atoms with Crippen LogP contribution in [0.15, 0.2) is 0 Å². The number of nitrogens with one attached hydrogen (secondary N) is 2. The summed E-state index contributed by atoms with van der Waals surface area (Å²) >= 11 is 6.81. The molecule has 4 nitrogen and oxygen atoms in total. The fraction of sp³-hybridized carbons (Fsp3) is 0.588. The Bertz CT molecular complexity index is 631. The van der Waals surface area contributed by atoms with Crippen LogP contribution in [-0.4, -0.2) is 11.0 Å². The Labute approximate surface area is 147 Å². The van der Waals surface area contributed by atoms with E-state index in [1.807, 2.05) is 0 Å². The van der Waals surface area contributed by atoms with Gasteiger partial charge in [-0.3, -0.25) is 4.79 Å². The number of carbonyl (C=O) groups is 1. The van der Waals surface area contributed by atoms with E-state index in [9.17, 15) is 10.1 Å². The number of fused-ring (bicyclic) bond motifs is 1. The minimum absolute atomic E-state index is 0.0654. The van der Waals surface area contributed by atoms with Crippen LogP contribution < -0.4 is 10.6 Å². The molecule has 0 aliphatic heterocycles. The lowest BCUT2D eigenvalue weighted by molar-refractivity contribution is -0.119. The number of thiocarbonyl (C=S) groups is 1. The van der Waals surface area contributed by atoms with Crippen LogP contribution in [0.3, 0.4) is 0 Å².